The monoisotopic (exact) mass is 289 g/mol. The largest absolute Gasteiger partial charge is 0.463 e. The molecule has 0 saturated carbocycles. The molecule has 1 aromatic carbocycles. The van der Waals surface area contributed by atoms with Crippen molar-refractivity contribution in [2.75, 3.05) is 7.11 Å². The SMILES string of the molecule is COC(=O)/C(=C/N)Oc1cc(F)ccc1Br. The van der Waals surface area contributed by atoms with Gasteiger partial charge in [-0.3, -0.25) is 0 Å². The average molecular weight is 290 g/mol. The molecule has 0 aromatic heterocycles. The number of halogens is 2. The fourth-order valence-corrected chi connectivity index (χ4v) is 1.25. The van der Waals surface area contributed by atoms with Crippen LogP contribution >= 0.6 is 15.9 Å². The predicted octanol–water partition coefficient (Wildman–Crippen LogP) is 1.94. The molecule has 0 radical (unpaired) electrons. The Labute approximate surface area is 100.0 Å². The van der Waals surface area contributed by atoms with E-state index < -0.39 is 11.8 Å². The van der Waals surface area contributed by atoms with Gasteiger partial charge in [-0.1, -0.05) is 0 Å². The van der Waals surface area contributed by atoms with Gasteiger partial charge in [-0.2, -0.15) is 0 Å². The van der Waals surface area contributed by atoms with Crippen LogP contribution < -0.4 is 10.5 Å². The van der Waals surface area contributed by atoms with E-state index in [1.165, 1.54) is 19.2 Å². The number of methoxy groups -OCH3 is 1. The Morgan fingerprint density at radius 1 is 1.56 bits per heavy atom. The zero-order valence-corrected chi connectivity index (χ0v) is 9.95. The summed E-state index contributed by atoms with van der Waals surface area (Å²) in [6, 6.07) is 3.83. The second kappa shape index (κ2) is 5.50. The van der Waals surface area contributed by atoms with E-state index >= 15 is 0 Å². The third-order valence-electron chi connectivity index (χ3n) is 1.65. The van der Waals surface area contributed by atoms with Crippen LogP contribution in [0, 0.1) is 5.82 Å². The van der Waals surface area contributed by atoms with E-state index in [2.05, 4.69) is 20.7 Å². The van der Waals surface area contributed by atoms with Crippen molar-refractivity contribution < 1.29 is 18.7 Å². The van der Waals surface area contributed by atoms with Gasteiger partial charge in [0.1, 0.15) is 11.6 Å². The number of carbonyl (C=O) groups excluding carboxylic acids is 1. The number of hydrogen-bond acceptors (Lipinski definition) is 4. The zero-order chi connectivity index (χ0) is 12.1. The van der Waals surface area contributed by atoms with Crippen LogP contribution in [0.3, 0.4) is 0 Å². The smallest absolute Gasteiger partial charge is 0.375 e. The van der Waals surface area contributed by atoms with Gasteiger partial charge < -0.3 is 15.2 Å². The molecule has 0 aliphatic carbocycles. The molecule has 0 unspecified atom stereocenters. The third kappa shape index (κ3) is 2.96. The Morgan fingerprint density at radius 2 is 2.25 bits per heavy atom. The summed E-state index contributed by atoms with van der Waals surface area (Å²) in [5, 5.41) is 0. The van der Waals surface area contributed by atoms with Crippen LogP contribution in [0.1, 0.15) is 0 Å². The number of carbonyl (C=O) groups is 1. The van der Waals surface area contributed by atoms with E-state index in [1.54, 1.807) is 0 Å². The summed E-state index contributed by atoms with van der Waals surface area (Å²) in [6.45, 7) is 0. The van der Waals surface area contributed by atoms with Gasteiger partial charge in [0.2, 0.25) is 5.76 Å². The van der Waals surface area contributed by atoms with Crippen molar-refractivity contribution in [3.05, 3.63) is 40.4 Å². The van der Waals surface area contributed by atoms with Crippen LogP contribution in [-0.2, 0) is 9.53 Å². The maximum absolute atomic E-state index is 12.9. The molecule has 86 valence electrons. The Morgan fingerprint density at radius 3 is 2.81 bits per heavy atom. The molecule has 0 aliphatic heterocycles. The normalized spacial score (nSPS) is 11.1. The zero-order valence-electron chi connectivity index (χ0n) is 8.37. The lowest BCUT2D eigenvalue weighted by molar-refractivity contribution is -0.138. The first-order valence-electron chi connectivity index (χ1n) is 4.21. The molecular formula is C10H9BrFNO3. The molecule has 16 heavy (non-hydrogen) atoms. The van der Waals surface area contributed by atoms with E-state index in [4.69, 9.17) is 10.5 Å². The molecule has 0 atom stereocenters. The van der Waals surface area contributed by atoms with Gasteiger partial charge in [0.15, 0.2) is 0 Å². The summed E-state index contributed by atoms with van der Waals surface area (Å²) in [4.78, 5) is 11.1. The van der Waals surface area contributed by atoms with Gasteiger partial charge in [0.05, 0.1) is 11.6 Å². The molecule has 0 heterocycles. The fourth-order valence-electron chi connectivity index (χ4n) is 0.918. The second-order valence-electron chi connectivity index (χ2n) is 2.70. The minimum absolute atomic E-state index is 0.141. The highest BCUT2D eigenvalue weighted by molar-refractivity contribution is 9.10. The van der Waals surface area contributed by atoms with Crippen molar-refractivity contribution in [3.63, 3.8) is 0 Å². The standard InChI is InChI=1S/C10H9BrFNO3/c1-15-10(14)9(5-13)16-8-4-6(12)2-3-7(8)11/h2-5H,13H2,1H3/b9-5-. The quantitative estimate of drug-likeness (QED) is 0.525. The summed E-state index contributed by atoms with van der Waals surface area (Å²) in [7, 11) is 1.19. The van der Waals surface area contributed by atoms with Gasteiger partial charge >= 0.3 is 5.97 Å². The maximum Gasteiger partial charge on any atom is 0.375 e. The third-order valence-corrected chi connectivity index (χ3v) is 2.31. The molecule has 0 bridgehead atoms. The van der Waals surface area contributed by atoms with Crippen molar-refractivity contribution in [3.8, 4) is 5.75 Å². The first kappa shape index (κ1) is 12.5. The van der Waals surface area contributed by atoms with Crippen molar-refractivity contribution in [2.24, 2.45) is 5.73 Å². The van der Waals surface area contributed by atoms with Crippen LogP contribution in [0.25, 0.3) is 0 Å². The van der Waals surface area contributed by atoms with Crippen molar-refractivity contribution in [1.82, 2.24) is 0 Å². The van der Waals surface area contributed by atoms with Crippen molar-refractivity contribution in [2.45, 2.75) is 0 Å². The molecule has 0 amide bonds. The number of benzene rings is 1. The highest BCUT2D eigenvalue weighted by Crippen LogP contribution is 2.27. The molecule has 0 fully saturated rings. The van der Waals surface area contributed by atoms with Crippen LogP contribution in [0.2, 0.25) is 0 Å². The summed E-state index contributed by atoms with van der Waals surface area (Å²) in [6.07, 6.45) is 0.948. The first-order valence-corrected chi connectivity index (χ1v) is 5.01. The molecule has 6 heteroatoms. The fraction of sp³-hybridized carbons (Fsp3) is 0.100. The number of ether oxygens (including phenoxy) is 2. The minimum Gasteiger partial charge on any atom is -0.463 e. The molecule has 4 nitrogen and oxygen atoms in total. The van der Waals surface area contributed by atoms with Gasteiger partial charge in [-0.05, 0) is 28.1 Å². The van der Waals surface area contributed by atoms with E-state index in [1.807, 2.05) is 0 Å². The van der Waals surface area contributed by atoms with E-state index in [9.17, 15) is 9.18 Å². The molecule has 2 N–H and O–H groups in total. The lowest BCUT2D eigenvalue weighted by Crippen LogP contribution is -2.12. The Bertz CT molecular complexity index is 434. The second-order valence-corrected chi connectivity index (χ2v) is 3.55. The Kier molecular flexibility index (Phi) is 4.30. The molecule has 1 rings (SSSR count). The van der Waals surface area contributed by atoms with Gasteiger partial charge in [0.25, 0.3) is 0 Å². The van der Waals surface area contributed by atoms with Crippen LogP contribution in [0.15, 0.2) is 34.6 Å². The van der Waals surface area contributed by atoms with E-state index in [-0.39, 0.29) is 11.5 Å². The highest BCUT2D eigenvalue weighted by Gasteiger charge is 2.13. The summed E-state index contributed by atoms with van der Waals surface area (Å²) < 4.78 is 22.9. The minimum atomic E-state index is -0.737. The molecule has 0 spiro atoms. The topological polar surface area (TPSA) is 61.5 Å². The summed E-state index contributed by atoms with van der Waals surface area (Å²) >= 11 is 3.15. The lowest BCUT2D eigenvalue weighted by Gasteiger charge is -2.08. The average Bonchev–Trinajstić information content (AvgIpc) is 2.29. The van der Waals surface area contributed by atoms with Crippen molar-refractivity contribution in [1.29, 1.82) is 0 Å². The Balaban J connectivity index is 2.95. The molecule has 1 aromatic rings. The van der Waals surface area contributed by atoms with Gasteiger partial charge in [0, 0.05) is 12.3 Å². The molecule has 0 saturated heterocycles. The van der Waals surface area contributed by atoms with Crippen LogP contribution in [0.4, 0.5) is 4.39 Å². The summed E-state index contributed by atoms with van der Waals surface area (Å²) in [5.74, 6) is -1.30. The lowest BCUT2D eigenvalue weighted by atomic mass is 10.3. The number of rotatable bonds is 3. The maximum atomic E-state index is 12.9. The van der Waals surface area contributed by atoms with Crippen molar-refractivity contribution >= 4 is 21.9 Å². The van der Waals surface area contributed by atoms with Gasteiger partial charge in [-0.15, -0.1) is 0 Å². The number of nitrogens with two attached hydrogens (primary N) is 1. The Hall–Kier alpha value is -1.56. The van der Waals surface area contributed by atoms with Crippen LogP contribution in [-0.4, -0.2) is 13.1 Å². The van der Waals surface area contributed by atoms with E-state index in [0.717, 1.165) is 12.3 Å². The number of esters is 1. The first-order chi connectivity index (χ1) is 7.58. The predicted molar refractivity (Wildman–Crippen MR) is 59.0 cm³/mol. The highest BCUT2D eigenvalue weighted by atomic mass is 79.9. The summed E-state index contributed by atoms with van der Waals surface area (Å²) in [5.41, 5.74) is 5.19. The molecule has 0 aliphatic rings. The van der Waals surface area contributed by atoms with Gasteiger partial charge in [-0.25, -0.2) is 9.18 Å². The van der Waals surface area contributed by atoms with E-state index in [0.29, 0.717) is 4.47 Å². The number of hydrogen-bond donors (Lipinski definition) is 1. The van der Waals surface area contributed by atoms with Crippen LogP contribution in [0.5, 0.6) is 5.75 Å². The molecular weight excluding hydrogens is 281 g/mol.